The SMILES string of the molecule is CC(C)(C)OC(=O)CN1C(=O)SC(=Cc2ccc(Cl)cc2)C1=O. The highest BCUT2D eigenvalue weighted by Crippen LogP contribution is 2.32. The van der Waals surface area contributed by atoms with Crippen molar-refractivity contribution in [1.29, 1.82) is 0 Å². The first-order valence-corrected chi connectivity index (χ1v) is 8.08. The van der Waals surface area contributed by atoms with Gasteiger partial charge in [-0.2, -0.15) is 0 Å². The number of rotatable bonds is 3. The van der Waals surface area contributed by atoms with Crippen LogP contribution in [0.2, 0.25) is 5.02 Å². The molecule has 0 radical (unpaired) electrons. The van der Waals surface area contributed by atoms with Crippen LogP contribution in [0.3, 0.4) is 0 Å². The Labute approximate surface area is 143 Å². The predicted octanol–water partition coefficient (Wildman–Crippen LogP) is 3.72. The second-order valence-electron chi connectivity index (χ2n) is 5.91. The number of esters is 1. The van der Waals surface area contributed by atoms with E-state index in [1.54, 1.807) is 51.1 Å². The van der Waals surface area contributed by atoms with Crippen molar-refractivity contribution in [3.63, 3.8) is 0 Å². The van der Waals surface area contributed by atoms with Crippen molar-refractivity contribution in [3.8, 4) is 0 Å². The molecule has 2 rings (SSSR count). The van der Waals surface area contributed by atoms with Crippen molar-refractivity contribution >= 4 is 46.6 Å². The van der Waals surface area contributed by atoms with Gasteiger partial charge in [0, 0.05) is 5.02 Å². The Kier molecular flexibility index (Phi) is 5.16. The van der Waals surface area contributed by atoms with Gasteiger partial charge in [-0.15, -0.1) is 0 Å². The molecule has 122 valence electrons. The molecule has 0 bridgehead atoms. The van der Waals surface area contributed by atoms with Crippen LogP contribution in [0.4, 0.5) is 4.79 Å². The van der Waals surface area contributed by atoms with E-state index in [0.717, 1.165) is 22.2 Å². The summed E-state index contributed by atoms with van der Waals surface area (Å²) in [5, 5.41) is 0.0984. The van der Waals surface area contributed by atoms with Gasteiger partial charge < -0.3 is 4.74 Å². The molecule has 1 aromatic rings. The molecule has 0 aliphatic carbocycles. The van der Waals surface area contributed by atoms with E-state index in [1.165, 1.54) is 0 Å². The van der Waals surface area contributed by atoms with E-state index in [4.69, 9.17) is 16.3 Å². The van der Waals surface area contributed by atoms with Crippen LogP contribution < -0.4 is 0 Å². The number of halogens is 1. The van der Waals surface area contributed by atoms with Crippen LogP contribution in [0.15, 0.2) is 29.2 Å². The van der Waals surface area contributed by atoms with Gasteiger partial charge in [0.2, 0.25) is 0 Å². The molecule has 0 aromatic heterocycles. The summed E-state index contributed by atoms with van der Waals surface area (Å²) in [4.78, 5) is 37.2. The van der Waals surface area contributed by atoms with Crippen molar-refractivity contribution in [2.24, 2.45) is 0 Å². The minimum absolute atomic E-state index is 0.265. The molecule has 0 N–H and O–H groups in total. The minimum atomic E-state index is -0.669. The number of ether oxygens (including phenoxy) is 1. The molecule has 1 aromatic carbocycles. The second kappa shape index (κ2) is 6.76. The summed E-state index contributed by atoms with van der Waals surface area (Å²) in [5.41, 5.74) is 0.0787. The summed E-state index contributed by atoms with van der Waals surface area (Å²) in [5.74, 6) is -1.12. The minimum Gasteiger partial charge on any atom is -0.459 e. The maximum Gasteiger partial charge on any atom is 0.326 e. The number of amides is 2. The van der Waals surface area contributed by atoms with Crippen molar-refractivity contribution in [2.75, 3.05) is 6.54 Å². The largest absolute Gasteiger partial charge is 0.459 e. The molecular weight excluding hydrogens is 338 g/mol. The highest BCUT2D eigenvalue weighted by molar-refractivity contribution is 8.18. The summed E-state index contributed by atoms with van der Waals surface area (Å²) in [6.07, 6.45) is 1.59. The first-order chi connectivity index (χ1) is 10.7. The first kappa shape index (κ1) is 17.6. The Balaban J connectivity index is 2.10. The van der Waals surface area contributed by atoms with E-state index in [1.807, 2.05) is 0 Å². The van der Waals surface area contributed by atoms with Crippen molar-refractivity contribution in [3.05, 3.63) is 39.8 Å². The molecule has 1 heterocycles. The maximum absolute atomic E-state index is 12.3. The lowest BCUT2D eigenvalue weighted by Crippen LogP contribution is -2.37. The monoisotopic (exact) mass is 353 g/mol. The van der Waals surface area contributed by atoms with Gasteiger partial charge in [0.1, 0.15) is 12.1 Å². The van der Waals surface area contributed by atoms with Gasteiger partial charge in [-0.25, -0.2) is 0 Å². The summed E-state index contributed by atoms with van der Waals surface area (Å²) in [6, 6.07) is 6.87. The molecule has 0 spiro atoms. The lowest BCUT2D eigenvalue weighted by molar-refractivity contribution is -0.156. The van der Waals surface area contributed by atoms with E-state index in [2.05, 4.69) is 0 Å². The Hall–Kier alpha value is -1.79. The molecule has 2 amide bonds. The molecule has 23 heavy (non-hydrogen) atoms. The molecule has 0 saturated carbocycles. The molecule has 1 aliphatic rings. The second-order valence-corrected chi connectivity index (χ2v) is 7.34. The van der Waals surface area contributed by atoms with Crippen molar-refractivity contribution in [2.45, 2.75) is 26.4 Å². The van der Waals surface area contributed by atoms with Crippen LogP contribution >= 0.6 is 23.4 Å². The van der Waals surface area contributed by atoms with E-state index in [9.17, 15) is 14.4 Å². The van der Waals surface area contributed by atoms with Crippen LogP contribution in [0, 0.1) is 0 Å². The molecule has 1 fully saturated rings. The highest BCUT2D eigenvalue weighted by Gasteiger charge is 2.37. The topological polar surface area (TPSA) is 63.7 Å². The predicted molar refractivity (Wildman–Crippen MR) is 90.0 cm³/mol. The van der Waals surface area contributed by atoms with Gasteiger partial charge in [-0.1, -0.05) is 23.7 Å². The number of carbonyl (C=O) groups is 3. The number of hydrogen-bond donors (Lipinski definition) is 0. The van der Waals surface area contributed by atoms with Gasteiger partial charge in [-0.05, 0) is 56.3 Å². The third kappa shape index (κ3) is 4.84. The van der Waals surface area contributed by atoms with Gasteiger partial charge in [0.25, 0.3) is 11.1 Å². The Bertz CT molecular complexity index is 676. The maximum atomic E-state index is 12.3. The lowest BCUT2D eigenvalue weighted by Gasteiger charge is -2.21. The summed E-state index contributed by atoms with van der Waals surface area (Å²) >= 11 is 6.61. The number of thioether (sulfide) groups is 1. The Morgan fingerprint density at radius 1 is 1.26 bits per heavy atom. The lowest BCUT2D eigenvalue weighted by atomic mass is 10.2. The fourth-order valence-corrected chi connectivity index (χ4v) is 2.81. The molecular formula is C16H16ClNO4S. The molecule has 7 heteroatoms. The van der Waals surface area contributed by atoms with Crippen LogP contribution in [0.25, 0.3) is 6.08 Å². The number of imide groups is 1. The van der Waals surface area contributed by atoms with Crippen LogP contribution in [-0.4, -0.2) is 34.2 Å². The Morgan fingerprint density at radius 3 is 2.43 bits per heavy atom. The molecule has 0 unspecified atom stereocenters. The average Bonchev–Trinajstić information content (AvgIpc) is 2.67. The van der Waals surface area contributed by atoms with Gasteiger partial charge in [0.15, 0.2) is 0 Å². The zero-order valence-corrected chi connectivity index (χ0v) is 14.5. The third-order valence-corrected chi connectivity index (χ3v) is 3.91. The molecule has 0 atom stereocenters. The fraction of sp³-hybridized carbons (Fsp3) is 0.312. The number of carbonyl (C=O) groups excluding carboxylic acids is 3. The number of hydrogen-bond acceptors (Lipinski definition) is 5. The number of nitrogens with zero attached hydrogens (tertiary/aromatic N) is 1. The van der Waals surface area contributed by atoms with E-state index >= 15 is 0 Å². The van der Waals surface area contributed by atoms with E-state index < -0.39 is 22.7 Å². The summed E-state index contributed by atoms with van der Waals surface area (Å²) < 4.78 is 5.13. The summed E-state index contributed by atoms with van der Waals surface area (Å²) in [6.45, 7) is 4.78. The first-order valence-electron chi connectivity index (χ1n) is 6.88. The smallest absolute Gasteiger partial charge is 0.326 e. The molecule has 1 aliphatic heterocycles. The Morgan fingerprint density at radius 2 is 1.87 bits per heavy atom. The normalized spacial score (nSPS) is 17.0. The fourth-order valence-electron chi connectivity index (χ4n) is 1.85. The van der Waals surface area contributed by atoms with E-state index in [0.29, 0.717) is 5.02 Å². The van der Waals surface area contributed by atoms with Gasteiger partial charge in [0.05, 0.1) is 4.91 Å². The highest BCUT2D eigenvalue weighted by atomic mass is 35.5. The summed E-state index contributed by atoms with van der Waals surface area (Å²) in [7, 11) is 0. The van der Waals surface area contributed by atoms with Crippen LogP contribution in [-0.2, 0) is 14.3 Å². The van der Waals surface area contributed by atoms with E-state index in [-0.39, 0.29) is 11.4 Å². The number of benzene rings is 1. The zero-order chi connectivity index (χ0) is 17.2. The van der Waals surface area contributed by atoms with Gasteiger partial charge in [-0.3, -0.25) is 19.3 Å². The standard InChI is InChI=1S/C16H16ClNO4S/c1-16(2,3)22-13(19)9-18-14(20)12(23-15(18)21)8-10-4-6-11(17)7-5-10/h4-8H,9H2,1-3H3. The van der Waals surface area contributed by atoms with Crippen molar-refractivity contribution < 1.29 is 19.1 Å². The van der Waals surface area contributed by atoms with Gasteiger partial charge >= 0.3 is 5.97 Å². The van der Waals surface area contributed by atoms with Crippen molar-refractivity contribution in [1.82, 2.24) is 4.90 Å². The molecule has 5 nitrogen and oxygen atoms in total. The average molecular weight is 354 g/mol. The van der Waals surface area contributed by atoms with Crippen LogP contribution in [0.5, 0.6) is 0 Å². The quantitative estimate of drug-likeness (QED) is 0.612. The third-order valence-electron chi connectivity index (χ3n) is 2.75. The zero-order valence-electron chi connectivity index (χ0n) is 13.0. The van der Waals surface area contributed by atoms with Crippen LogP contribution in [0.1, 0.15) is 26.3 Å². The molecule has 1 saturated heterocycles.